The van der Waals surface area contributed by atoms with Crippen LogP contribution in [0.4, 0.5) is 0 Å². The van der Waals surface area contributed by atoms with Gasteiger partial charge in [-0.15, -0.1) is 0 Å². The molecule has 0 aliphatic carbocycles. The summed E-state index contributed by atoms with van der Waals surface area (Å²) >= 11 is 0. The van der Waals surface area contributed by atoms with Crippen molar-refractivity contribution in [3.8, 4) is 0 Å². The second kappa shape index (κ2) is 72.3. The van der Waals surface area contributed by atoms with Crippen molar-refractivity contribution in [1.82, 2.24) is 0 Å². The molecule has 0 aliphatic rings. The van der Waals surface area contributed by atoms with E-state index in [1.54, 1.807) is 0 Å². The van der Waals surface area contributed by atoms with Gasteiger partial charge in [-0.3, -0.25) is 9.59 Å². The number of ether oxygens (including phenoxy) is 2. The molecule has 0 fully saturated rings. The second-order valence-electron chi connectivity index (χ2n) is 24.3. The van der Waals surface area contributed by atoms with Gasteiger partial charge in [0.2, 0.25) is 0 Å². The highest BCUT2D eigenvalue weighted by Crippen LogP contribution is 2.19. The molecule has 0 aromatic heterocycles. The molecule has 0 aromatic carbocycles. The quantitative estimate of drug-likeness (QED) is 0.0373. The minimum absolute atomic E-state index is 0.0625. The van der Waals surface area contributed by atoms with E-state index in [4.69, 9.17) is 9.47 Å². The van der Waals surface area contributed by atoms with Crippen molar-refractivity contribution in [3.05, 3.63) is 85.1 Å². The van der Waals surface area contributed by atoms with Gasteiger partial charge in [-0.1, -0.05) is 356 Å². The largest absolute Gasteiger partial charge is 0.462 e. The maximum Gasteiger partial charge on any atom is 0.306 e. The van der Waals surface area contributed by atoms with Gasteiger partial charge in [-0.2, -0.15) is 0 Å². The maximum absolute atomic E-state index is 12.4. The highest BCUT2D eigenvalue weighted by molar-refractivity contribution is 5.70. The van der Waals surface area contributed by atoms with Gasteiger partial charge >= 0.3 is 11.9 Å². The average molecular weight is 1140 g/mol. The van der Waals surface area contributed by atoms with E-state index < -0.39 is 6.10 Å². The summed E-state index contributed by atoms with van der Waals surface area (Å²) in [6.07, 6.45) is 102. The average Bonchev–Trinajstić information content (AvgIpc) is 3.49. The molecule has 0 amide bonds. The van der Waals surface area contributed by atoms with Crippen molar-refractivity contribution in [2.75, 3.05) is 13.2 Å². The van der Waals surface area contributed by atoms with Crippen LogP contribution >= 0.6 is 0 Å². The van der Waals surface area contributed by atoms with Crippen molar-refractivity contribution >= 4 is 11.9 Å². The normalized spacial score (nSPS) is 12.7. The summed E-state index contributed by atoms with van der Waals surface area (Å²) in [6.45, 7) is 4.06. The Labute approximate surface area is 511 Å². The number of aliphatic hydroxyl groups is 1. The van der Waals surface area contributed by atoms with Crippen LogP contribution in [0, 0.1) is 0 Å². The molecule has 476 valence electrons. The zero-order valence-corrected chi connectivity index (χ0v) is 54.8. The lowest BCUT2D eigenvalue weighted by atomic mass is 10.0. The summed E-state index contributed by atoms with van der Waals surface area (Å²) in [5, 5.41) is 9.71. The third-order valence-corrected chi connectivity index (χ3v) is 16.2. The van der Waals surface area contributed by atoms with Crippen LogP contribution in [-0.4, -0.2) is 36.4 Å². The molecule has 1 atom stereocenters. The summed E-state index contributed by atoms with van der Waals surface area (Å²) in [5.74, 6) is -0.572. The molecule has 0 heterocycles. The molecule has 0 aromatic rings. The van der Waals surface area contributed by atoms with E-state index in [2.05, 4.69) is 98.9 Å². The molecule has 0 spiro atoms. The van der Waals surface area contributed by atoms with E-state index in [9.17, 15) is 14.7 Å². The van der Waals surface area contributed by atoms with Gasteiger partial charge in [-0.25, -0.2) is 0 Å². The third kappa shape index (κ3) is 69.6. The molecule has 5 heteroatoms. The Balaban J connectivity index is 3.40. The van der Waals surface area contributed by atoms with Crippen molar-refractivity contribution < 1.29 is 24.2 Å². The summed E-state index contributed by atoms with van der Waals surface area (Å²) in [4.78, 5) is 24.7. The van der Waals surface area contributed by atoms with Crippen LogP contribution in [0.15, 0.2) is 85.1 Å². The van der Waals surface area contributed by atoms with Crippen LogP contribution in [0.25, 0.3) is 0 Å². The van der Waals surface area contributed by atoms with E-state index in [0.29, 0.717) is 12.8 Å². The number of carbonyl (C=O) groups is 2. The number of esters is 2. The van der Waals surface area contributed by atoms with E-state index >= 15 is 0 Å². The minimum atomic E-state index is -0.773. The van der Waals surface area contributed by atoms with E-state index in [1.807, 2.05) is 0 Å². The van der Waals surface area contributed by atoms with Gasteiger partial charge in [-0.05, 0) is 89.9 Å². The fourth-order valence-electron chi connectivity index (χ4n) is 10.8. The number of carbonyl (C=O) groups excluding carboxylic acids is 2. The lowest BCUT2D eigenvalue weighted by Gasteiger charge is -2.15. The zero-order valence-electron chi connectivity index (χ0n) is 54.8. The Hall–Kier alpha value is -2.92. The van der Waals surface area contributed by atoms with Crippen molar-refractivity contribution in [1.29, 1.82) is 0 Å². The highest BCUT2D eigenvalue weighted by Gasteiger charge is 2.16. The van der Waals surface area contributed by atoms with Gasteiger partial charge in [0, 0.05) is 12.8 Å². The Bertz CT molecular complexity index is 1480. The molecule has 82 heavy (non-hydrogen) atoms. The number of allylic oxidation sites excluding steroid dienone is 14. The molecule has 5 nitrogen and oxygen atoms in total. The van der Waals surface area contributed by atoms with Gasteiger partial charge in [0.05, 0.1) is 6.61 Å². The molecule has 0 bridgehead atoms. The van der Waals surface area contributed by atoms with Crippen LogP contribution < -0.4 is 0 Å². The van der Waals surface area contributed by atoms with E-state index in [0.717, 1.165) is 77.0 Å². The first-order valence-corrected chi connectivity index (χ1v) is 36.1. The standard InChI is InChI=1S/C77H138O5/c1-3-5-7-9-11-13-15-17-19-21-23-25-27-29-31-32-33-34-35-36-37-38-39-40-41-42-43-44-46-48-50-52-54-56-58-60-62-64-66-68-70-72-77(80)82-75(73-78)74-81-76(79)71-69-67-65-63-61-59-57-55-53-51-49-47-45-30-28-26-24-22-20-18-16-14-12-10-8-6-4-2/h5,7,11,13,16-19,22-25,29,31,75,78H,3-4,6,8-10,12,14-15,20-21,26-28,30,32-74H2,1-2H3/b7-5-,13-11-,18-16-,19-17-,24-22-,25-23-,31-29-. The van der Waals surface area contributed by atoms with Gasteiger partial charge in [0.1, 0.15) is 6.61 Å². The SMILES string of the molecule is CC/C=C\C/C=C\C/C=C\C/C=C\C/C=C\CCCCCCCCCCCCCCCCCCCCCCCCCCCC(=O)OC(CO)COC(=O)CCCCCCCCCCCCCCCCC/C=C\C/C=C\CCCCCCC. The van der Waals surface area contributed by atoms with Gasteiger partial charge < -0.3 is 14.6 Å². The van der Waals surface area contributed by atoms with Crippen LogP contribution in [0.3, 0.4) is 0 Å². The highest BCUT2D eigenvalue weighted by atomic mass is 16.6. The summed E-state index contributed by atoms with van der Waals surface area (Å²) < 4.78 is 10.8. The van der Waals surface area contributed by atoms with Crippen molar-refractivity contribution in [2.45, 2.75) is 380 Å². The predicted molar refractivity (Wildman–Crippen MR) is 362 cm³/mol. The Morgan fingerprint density at radius 2 is 0.524 bits per heavy atom. The van der Waals surface area contributed by atoms with E-state index in [1.165, 1.54) is 270 Å². The topological polar surface area (TPSA) is 72.8 Å². The molecule has 0 saturated heterocycles. The first-order valence-electron chi connectivity index (χ1n) is 36.1. The molecule has 0 radical (unpaired) electrons. The Morgan fingerprint density at radius 3 is 0.793 bits per heavy atom. The van der Waals surface area contributed by atoms with Crippen LogP contribution in [-0.2, 0) is 19.1 Å². The minimum Gasteiger partial charge on any atom is -0.462 e. The van der Waals surface area contributed by atoms with Crippen molar-refractivity contribution in [2.24, 2.45) is 0 Å². The molecular formula is C77H138O5. The fraction of sp³-hybridized carbons (Fsp3) is 0.792. The van der Waals surface area contributed by atoms with Gasteiger partial charge in [0.15, 0.2) is 6.10 Å². The smallest absolute Gasteiger partial charge is 0.306 e. The van der Waals surface area contributed by atoms with E-state index in [-0.39, 0.29) is 25.2 Å². The lowest BCUT2D eigenvalue weighted by Crippen LogP contribution is -2.28. The van der Waals surface area contributed by atoms with Crippen LogP contribution in [0.1, 0.15) is 373 Å². The molecule has 0 rings (SSSR count). The Morgan fingerprint density at radius 1 is 0.293 bits per heavy atom. The number of unbranched alkanes of at least 4 members (excludes halogenated alkanes) is 45. The molecule has 0 aliphatic heterocycles. The molecule has 0 saturated carbocycles. The first kappa shape index (κ1) is 79.1. The number of hydrogen-bond acceptors (Lipinski definition) is 5. The van der Waals surface area contributed by atoms with Crippen LogP contribution in [0.2, 0.25) is 0 Å². The first-order chi connectivity index (χ1) is 40.6. The zero-order chi connectivity index (χ0) is 59.1. The van der Waals surface area contributed by atoms with Crippen LogP contribution in [0.5, 0.6) is 0 Å². The molecule has 1 N–H and O–H groups in total. The number of aliphatic hydroxyl groups excluding tert-OH is 1. The lowest BCUT2D eigenvalue weighted by molar-refractivity contribution is -0.161. The van der Waals surface area contributed by atoms with Gasteiger partial charge in [0.25, 0.3) is 0 Å². The predicted octanol–water partition coefficient (Wildman–Crippen LogP) is 25.2. The maximum atomic E-state index is 12.4. The van der Waals surface area contributed by atoms with Crippen molar-refractivity contribution in [3.63, 3.8) is 0 Å². The second-order valence-corrected chi connectivity index (χ2v) is 24.3. The summed E-state index contributed by atoms with van der Waals surface area (Å²) in [7, 11) is 0. The Kier molecular flexibility index (Phi) is 69.8. The molecule has 1 unspecified atom stereocenters. The molecular weight excluding hydrogens is 1000 g/mol. The monoisotopic (exact) mass is 1140 g/mol. The number of rotatable bonds is 67. The summed E-state index contributed by atoms with van der Waals surface area (Å²) in [6, 6.07) is 0. The third-order valence-electron chi connectivity index (χ3n) is 16.2. The number of hydrogen-bond donors (Lipinski definition) is 1. The summed E-state index contributed by atoms with van der Waals surface area (Å²) in [5.41, 5.74) is 0. The fourth-order valence-corrected chi connectivity index (χ4v) is 10.8.